The number of methoxy groups -OCH3 is 1. The smallest absolute Gasteiger partial charge is 0.313 e. The topological polar surface area (TPSA) is 135 Å². The highest BCUT2D eigenvalue weighted by Gasteiger charge is 2.76. The molecule has 51 heavy (non-hydrogen) atoms. The molecule has 3 saturated heterocycles. The SMILES string of the molecule is C=CCCC(=O)N[C@H](COC)[C@H](OC(=O)[C@@H]1[C@H]2C(=O)N([C@@H](CO)C(C)C)[C@H](C(=O)N(CC=C)Cc3ccccc3)[C@]23CC[C@H]1O3)c1ccccc1. The number of nitrogens with one attached hydrogen (secondary N) is 1. The van der Waals surface area contributed by atoms with E-state index in [2.05, 4.69) is 18.5 Å². The van der Waals surface area contributed by atoms with Gasteiger partial charge in [0.05, 0.1) is 43.2 Å². The van der Waals surface area contributed by atoms with E-state index in [1.54, 1.807) is 17.1 Å². The van der Waals surface area contributed by atoms with E-state index in [1.807, 2.05) is 74.5 Å². The predicted octanol–water partition coefficient (Wildman–Crippen LogP) is 3.97. The van der Waals surface area contributed by atoms with Crippen LogP contribution in [-0.2, 0) is 39.9 Å². The summed E-state index contributed by atoms with van der Waals surface area (Å²) in [6.07, 6.45) is 3.22. The monoisotopic (exact) mass is 701 g/mol. The third-order valence-electron chi connectivity index (χ3n) is 10.4. The van der Waals surface area contributed by atoms with Crippen LogP contribution >= 0.6 is 0 Å². The van der Waals surface area contributed by atoms with E-state index in [4.69, 9.17) is 14.2 Å². The molecule has 3 heterocycles. The summed E-state index contributed by atoms with van der Waals surface area (Å²) in [5, 5.41) is 13.6. The van der Waals surface area contributed by atoms with Gasteiger partial charge in [-0.05, 0) is 36.3 Å². The molecule has 2 bridgehead atoms. The van der Waals surface area contributed by atoms with Crippen LogP contribution in [0, 0.1) is 17.8 Å². The van der Waals surface area contributed by atoms with E-state index in [-0.39, 0.29) is 50.5 Å². The fraction of sp³-hybridized carbons (Fsp3) is 0.500. The van der Waals surface area contributed by atoms with E-state index in [1.165, 1.54) is 12.0 Å². The molecular formula is C40H51N3O8. The van der Waals surface area contributed by atoms with Crippen LogP contribution in [0.15, 0.2) is 86.0 Å². The molecule has 1 spiro atoms. The highest BCUT2D eigenvalue weighted by atomic mass is 16.6. The van der Waals surface area contributed by atoms with Crippen LogP contribution in [0.25, 0.3) is 0 Å². The second-order valence-electron chi connectivity index (χ2n) is 14.0. The standard InChI is InChI=1S/C40H51N3O8/c1-6-8-19-32(45)41-29(25-49-5)35(28-17-13-10-14-18-28)50-39(48)33-31-20-21-40(51-31)34(33)37(46)43(30(24-44)26(3)4)36(40)38(47)42(22-7-2)23-27-15-11-9-12-16-27/h6-7,9-18,26,29-31,33-36,44H,1-2,8,19-25H2,3-5H3,(H,41,45)/t29-,30+,31-,33+,34+,35-,36-,40+/m1/s1. The van der Waals surface area contributed by atoms with Gasteiger partial charge in [0.1, 0.15) is 17.7 Å². The number of hydrogen-bond acceptors (Lipinski definition) is 8. The van der Waals surface area contributed by atoms with Crippen molar-refractivity contribution in [3.05, 3.63) is 97.1 Å². The Kier molecular flexibility index (Phi) is 12.5. The Morgan fingerprint density at radius 1 is 1.10 bits per heavy atom. The van der Waals surface area contributed by atoms with Crippen molar-refractivity contribution < 1.29 is 38.5 Å². The minimum atomic E-state index is -1.30. The highest BCUT2D eigenvalue weighted by Crippen LogP contribution is 2.59. The highest BCUT2D eigenvalue weighted by molar-refractivity contribution is 5.98. The summed E-state index contributed by atoms with van der Waals surface area (Å²) >= 11 is 0. The first-order valence-electron chi connectivity index (χ1n) is 17.8. The normalized spacial score (nSPS) is 25.2. The zero-order valence-electron chi connectivity index (χ0n) is 29.8. The maximum atomic E-state index is 14.8. The Bertz CT molecular complexity index is 1550. The maximum Gasteiger partial charge on any atom is 0.313 e. The quantitative estimate of drug-likeness (QED) is 0.176. The third kappa shape index (κ3) is 7.66. The lowest BCUT2D eigenvalue weighted by molar-refractivity contribution is -0.164. The Labute approximate surface area is 300 Å². The number of nitrogens with zero attached hydrogens (tertiary/aromatic N) is 2. The second-order valence-corrected chi connectivity index (χ2v) is 14.0. The molecule has 274 valence electrons. The van der Waals surface area contributed by atoms with E-state index >= 15 is 0 Å². The number of rotatable bonds is 18. The number of fused-ring (bicyclic) bond motifs is 1. The number of benzene rings is 2. The zero-order chi connectivity index (χ0) is 36.7. The molecule has 0 aromatic heterocycles. The molecule has 11 nitrogen and oxygen atoms in total. The number of carbonyl (C=O) groups is 4. The fourth-order valence-corrected chi connectivity index (χ4v) is 8.11. The molecule has 3 amide bonds. The van der Waals surface area contributed by atoms with Crippen LogP contribution in [0.5, 0.6) is 0 Å². The zero-order valence-corrected chi connectivity index (χ0v) is 29.8. The number of aliphatic hydroxyl groups is 1. The number of likely N-dealkylation sites (tertiary alicyclic amines) is 1. The first-order chi connectivity index (χ1) is 24.6. The van der Waals surface area contributed by atoms with Gasteiger partial charge in [-0.15, -0.1) is 13.2 Å². The van der Waals surface area contributed by atoms with Crippen molar-refractivity contribution in [2.75, 3.05) is 26.9 Å². The van der Waals surface area contributed by atoms with Gasteiger partial charge in [0.15, 0.2) is 0 Å². The van der Waals surface area contributed by atoms with Crippen LogP contribution in [0.2, 0.25) is 0 Å². The molecule has 0 unspecified atom stereocenters. The van der Waals surface area contributed by atoms with Crippen LogP contribution in [0.4, 0.5) is 0 Å². The van der Waals surface area contributed by atoms with Crippen molar-refractivity contribution in [2.24, 2.45) is 17.8 Å². The lowest BCUT2D eigenvalue weighted by atomic mass is 9.70. The van der Waals surface area contributed by atoms with Crippen LogP contribution in [0.3, 0.4) is 0 Å². The predicted molar refractivity (Wildman–Crippen MR) is 191 cm³/mol. The molecule has 3 fully saturated rings. The summed E-state index contributed by atoms with van der Waals surface area (Å²) in [6, 6.07) is 16.1. The molecule has 3 aliphatic rings. The first kappa shape index (κ1) is 37.9. The van der Waals surface area contributed by atoms with E-state index < -0.39 is 59.6 Å². The van der Waals surface area contributed by atoms with Gasteiger partial charge in [0.25, 0.3) is 0 Å². The molecule has 0 radical (unpaired) electrons. The minimum absolute atomic E-state index is 0.0566. The van der Waals surface area contributed by atoms with Gasteiger partial charge >= 0.3 is 5.97 Å². The molecule has 0 aliphatic carbocycles. The summed E-state index contributed by atoms with van der Waals surface area (Å²) < 4.78 is 18.5. The van der Waals surface area contributed by atoms with Crippen molar-refractivity contribution in [3.8, 4) is 0 Å². The van der Waals surface area contributed by atoms with Gasteiger partial charge < -0.3 is 34.4 Å². The minimum Gasteiger partial charge on any atom is -0.455 e. The summed E-state index contributed by atoms with van der Waals surface area (Å²) in [7, 11) is 1.50. The number of aliphatic hydroxyl groups excluding tert-OH is 1. The Morgan fingerprint density at radius 3 is 2.39 bits per heavy atom. The molecule has 8 atom stereocenters. The van der Waals surface area contributed by atoms with E-state index in [0.29, 0.717) is 24.8 Å². The van der Waals surface area contributed by atoms with Gasteiger partial charge in [0.2, 0.25) is 17.7 Å². The van der Waals surface area contributed by atoms with Crippen molar-refractivity contribution in [3.63, 3.8) is 0 Å². The van der Waals surface area contributed by atoms with Crippen LogP contribution < -0.4 is 5.32 Å². The number of esters is 1. The third-order valence-corrected chi connectivity index (χ3v) is 10.4. The molecule has 3 aliphatic heterocycles. The summed E-state index contributed by atoms with van der Waals surface area (Å²) in [6.45, 7) is 11.5. The first-order valence-corrected chi connectivity index (χ1v) is 17.8. The summed E-state index contributed by atoms with van der Waals surface area (Å²) in [5.41, 5.74) is 0.255. The van der Waals surface area contributed by atoms with Crippen LogP contribution in [-0.4, -0.2) is 95.3 Å². The summed E-state index contributed by atoms with van der Waals surface area (Å²) in [5.74, 6) is -3.85. The Hall–Kier alpha value is -4.32. The van der Waals surface area contributed by atoms with Gasteiger partial charge in [-0.2, -0.15) is 0 Å². The molecule has 11 heteroatoms. The van der Waals surface area contributed by atoms with E-state index in [9.17, 15) is 24.3 Å². The molecule has 2 N–H and O–H groups in total. The Morgan fingerprint density at radius 2 is 1.78 bits per heavy atom. The van der Waals surface area contributed by atoms with Gasteiger partial charge in [-0.3, -0.25) is 19.2 Å². The van der Waals surface area contributed by atoms with Crippen molar-refractivity contribution in [2.45, 2.75) is 82.0 Å². The largest absolute Gasteiger partial charge is 0.455 e. The Balaban J connectivity index is 1.51. The second kappa shape index (κ2) is 16.8. The number of allylic oxidation sites excluding steroid dienone is 1. The molecular weight excluding hydrogens is 650 g/mol. The van der Waals surface area contributed by atoms with Gasteiger partial charge in [-0.25, -0.2) is 0 Å². The van der Waals surface area contributed by atoms with Crippen LogP contribution in [0.1, 0.15) is 56.8 Å². The molecule has 5 rings (SSSR count). The summed E-state index contributed by atoms with van der Waals surface area (Å²) in [4.78, 5) is 60.0. The average molecular weight is 702 g/mol. The molecule has 2 aromatic carbocycles. The lowest BCUT2D eigenvalue weighted by Gasteiger charge is -2.40. The maximum absolute atomic E-state index is 14.8. The number of ether oxygens (including phenoxy) is 3. The number of hydrogen-bond donors (Lipinski definition) is 2. The van der Waals surface area contributed by atoms with Gasteiger partial charge in [0, 0.05) is 26.6 Å². The lowest BCUT2D eigenvalue weighted by Crippen LogP contribution is -2.59. The molecule has 2 aromatic rings. The van der Waals surface area contributed by atoms with Crippen molar-refractivity contribution in [1.29, 1.82) is 0 Å². The number of carbonyl (C=O) groups excluding carboxylic acids is 4. The van der Waals surface area contributed by atoms with Gasteiger partial charge in [-0.1, -0.05) is 86.7 Å². The van der Waals surface area contributed by atoms with E-state index in [0.717, 1.165) is 5.56 Å². The molecule has 0 saturated carbocycles. The van der Waals surface area contributed by atoms with Crippen molar-refractivity contribution >= 4 is 23.7 Å². The average Bonchev–Trinajstić information content (AvgIpc) is 3.77. The van der Waals surface area contributed by atoms with Crippen molar-refractivity contribution in [1.82, 2.24) is 15.1 Å². The fourth-order valence-electron chi connectivity index (χ4n) is 8.11. The number of amides is 3.